The second-order valence-corrected chi connectivity index (χ2v) is 6.13. The molecule has 0 unspecified atom stereocenters. The van der Waals surface area contributed by atoms with E-state index >= 15 is 0 Å². The third-order valence-corrected chi connectivity index (χ3v) is 4.19. The number of piperidine rings is 1. The number of thioether (sulfide) groups is 1. The highest BCUT2D eigenvalue weighted by molar-refractivity contribution is 7.99. The van der Waals surface area contributed by atoms with E-state index in [-0.39, 0.29) is 0 Å². The number of aromatic nitrogens is 3. The van der Waals surface area contributed by atoms with Crippen molar-refractivity contribution < 1.29 is 0 Å². The Balaban J connectivity index is 2.14. The average Bonchev–Trinajstić information content (AvgIpc) is 2.45. The van der Waals surface area contributed by atoms with Crippen molar-refractivity contribution in [3.8, 4) is 0 Å². The molecular formula is C12H22N6S. The van der Waals surface area contributed by atoms with Crippen LogP contribution in [0.5, 0.6) is 0 Å². The van der Waals surface area contributed by atoms with E-state index in [4.69, 9.17) is 5.84 Å². The van der Waals surface area contributed by atoms with Gasteiger partial charge in [-0.1, -0.05) is 25.6 Å². The summed E-state index contributed by atoms with van der Waals surface area (Å²) in [6.45, 7) is 6.40. The second kappa shape index (κ2) is 6.91. The smallest absolute Gasteiger partial charge is 0.242 e. The SMILES string of the molecule is CC(C)CSc1nc(NN)nc(N2CCCCC2)n1. The van der Waals surface area contributed by atoms with Gasteiger partial charge in [-0.05, 0) is 25.2 Å². The summed E-state index contributed by atoms with van der Waals surface area (Å²) in [4.78, 5) is 15.4. The number of hydrazine groups is 1. The Bertz CT molecular complexity index is 405. The predicted octanol–water partition coefficient (Wildman–Crippen LogP) is 1.90. The molecule has 7 heteroatoms. The maximum absolute atomic E-state index is 5.44. The molecule has 0 amide bonds. The van der Waals surface area contributed by atoms with Crippen molar-refractivity contribution in [2.24, 2.45) is 11.8 Å². The number of rotatable bonds is 5. The van der Waals surface area contributed by atoms with Gasteiger partial charge in [0.15, 0.2) is 5.16 Å². The van der Waals surface area contributed by atoms with Crippen molar-refractivity contribution in [3.63, 3.8) is 0 Å². The Morgan fingerprint density at radius 2 is 1.95 bits per heavy atom. The summed E-state index contributed by atoms with van der Waals surface area (Å²) >= 11 is 1.65. The molecule has 1 fully saturated rings. The lowest BCUT2D eigenvalue weighted by molar-refractivity contribution is 0.565. The van der Waals surface area contributed by atoms with Crippen molar-refractivity contribution in [2.75, 3.05) is 29.2 Å². The highest BCUT2D eigenvalue weighted by Gasteiger charge is 2.16. The molecule has 0 aliphatic carbocycles. The van der Waals surface area contributed by atoms with Crippen LogP contribution in [0.2, 0.25) is 0 Å². The number of nitrogens with two attached hydrogens (primary N) is 1. The van der Waals surface area contributed by atoms with Crippen LogP contribution in [-0.2, 0) is 0 Å². The van der Waals surface area contributed by atoms with E-state index in [0.29, 0.717) is 11.9 Å². The van der Waals surface area contributed by atoms with Crippen LogP contribution in [0, 0.1) is 5.92 Å². The Kier molecular flexibility index (Phi) is 5.21. The standard InChI is InChI=1S/C12H22N6S/c1-9(2)8-19-12-15-10(17-13)14-11(16-12)18-6-4-3-5-7-18/h9H,3-8,13H2,1-2H3,(H,14,15,16,17). The minimum Gasteiger partial charge on any atom is -0.341 e. The molecular weight excluding hydrogens is 260 g/mol. The molecule has 1 saturated heterocycles. The Morgan fingerprint density at radius 3 is 2.58 bits per heavy atom. The van der Waals surface area contributed by atoms with Gasteiger partial charge in [-0.25, -0.2) is 5.84 Å². The molecule has 2 heterocycles. The van der Waals surface area contributed by atoms with Crippen LogP contribution in [0.15, 0.2) is 5.16 Å². The molecule has 0 atom stereocenters. The molecule has 1 aromatic heterocycles. The monoisotopic (exact) mass is 282 g/mol. The number of anilines is 2. The van der Waals surface area contributed by atoms with Crippen LogP contribution in [-0.4, -0.2) is 33.8 Å². The summed E-state index contributed by atoms with van der Waals surface area (Å²) in [6.07, 6.45) is 3.69. The zero-order valence-corrected chi connectivity index (χ0v) is 12.4. The normalized spacial score (nSPS) is 15.9. The van der Waals surface area contributed by atoms with Gasteiger partial charge < -0.3 is 4.90 Å². The number of nitrogens with zero attached hydrogens (tertiary/aromatic N) is 4. The highest BCUT2D eigenvalue weighted by atomic mass is 32.2. The van der Waals surface area contributed by atoms with Crippen molar-refractivity contribution in [2.45, 2.75) is 38.3 Å². The quantitative estimate of drug-likeness (QED) is 0.485. The fourth-order valence-corrected chi connectivity index (χ4v) is 2.73. The lowest BCUT2D eigenvalue weighted by Gasteiger charge is -2.26. The first-order chi connectivity index (χ1) is 9.19. The first-order valence-electron chi connectivity index (χ1n) is 6.79. The van der Waals surface area contributed by atoms with Gasteiger partial charge in [0, 0.05) is 18.8 Å². The van der Waals surface area contributed by atoms with Gasteiger partial charge in [0.2, 0.25) is 11.9 Å². The van der Waals surface area contributed by atoms with E-state index in [2.05, 4.69) is 39.1 Å². The van der Waals surface area contributed by atoms with E-state index in [1.807, 2.05) is 0 Å². The first kappa shape index (κ1) is 14.3. The first-order valence-corrected chi connectivity index (χ1v) is 7.78. The number of hydrogen-bond acceptors (Lipinski definition) is 7. The lowest BCUT2D eigenvalue weighted by Crippen LogP contribution is -2.31. The second-order valence-electron chi connectivity index (χ2n) is 5.14. The molecule has 0 bridgehead atoms. The molecule has 2 rings (SSSR count). The zero-order valence-electron chi connectivity index (χ0n) is 11.6. The highest BCUT2D eigenvalue weighted by Crippen LogP contribution is 2.22. The van der Waals surface area contributed by atoms with Crippen LogP contribution in [0.25, 0.3) is 0 Å². The van der Waals surface area contributed by atoms with Crippen molar-refractivity contribution in [3.05, 3.63) is 0 Å². The summed E-state index contributed by atoms with van der Waals surface area (Å²) < 4.78 is 0. The molecule has 1 aliphatic rings. The van der Waals surface area contributed by atoms with Gasteiger partial charge >= 0.3 is 0 Å². The van der Waals surface area contributed by atoms with Crippen LogP contribution in [0.1, 0.15) is 33.1 Å². The summed E-state index contributed by atoms with van der Waals surface area (Å²) in [5.41, 5.74) is 2.53. The topological polar surface area (TPSA) is 80.0 Å². The molecule has 106 valence electrons. The predicted molar refractivity (Wildman–Crippen MR) is 79.3 cm³/mol. The van der Waals surface area contributed by atoms with E-state index < -0.39 is 0 Å². The zero-order chi connectivity index (χ0) is 13.7. The van der Waals surface area contributed by atoms with E-state index in [1.54, 1.807) is 11.8 Å². The van der Waals surface area contributed by atoms with Gasteiger partial charge in [0.25, 0.3) is 0 Å². The lowest BCUT2D eigenvalue weighted by atomic mass is 10.1. The molecule has 19 heavy (non-hydrogen) atoms. The largest absolute Gasteiger partial charge is 0.341 e. The number of nitrogen functional groups attached to an aromatic ring is 1. The summed E-state index contributed by atoms with van der Waals surface area (Å²) in [5.74, 6) is 8.23. The van der Waals surface area contributed by atoms with Crippen molar-refractivity contribution in [1.29, 1.82) is 0 Å². The average molecular weight is 282 g/mol. The molecule has 1 aromatic rings. The Labute approximate surface area is 118 Å². The minimum atomic E-state index is 0.446. The van der Waals surface area contributed by atoms with Gasteiger partial charge in [-0.15, -0.1) is 0 Å². The van der Waals surface area contributed by atoms with Crippen LogP contribution < -0.4 is 16.2 Å². The van der Waals surface area contributed by atoms with Crippen LogP contribution >= 0.6 is 11.8 Å². The van der Waals surface area contributed by atoms with E-state index in [1.165, 1.54) is 19.3 Å². The summed E-state index contributed by atoms with van der Waals surface area (Å²) in [5, 5.41) is 0.747. The number of hydrogen-bond donors (Lipinski definition) is 2. The molecule has 6 nitrogen and oxygen atoms in total. The van der Waals surface area contributed by atoms with E-state index in [0.717, 1.165) is 29.9 Å². The molecule has 0 saturated carbocycles. The Morgan fingerprint density at radius 1 is 1.21 bits per heavy atom. The summed E-state index contributed by atoms with van der Waals surface area (Å²) in [6, 6.07) is 0. The molecule has 1 aliphatic heterocycles. The fraction of sp³-hybridized carbons (Fsp3) is 0.750. The van der Waals surface area contributed by atoms with Gasteiger partial charge in [0.05, 0.1) is 0 Å². The van der Waals surface area contributed by atoms with Gasteiger partial charge in [-0.3, -0.25) is 5.43 Å². The van der Waals surface area contributed by atoms with E-state index in [9.17, 15) is 0 Å². The third kappa shape index (κ3) is 4.21. The summed E-state index contributed by atoms with van der Waals surface area (Å²) in [7, 11) is 0. The van der Waals surface area contributed by atoms with Crippen molar-refractivity contribution >= 4 is 23.7 Å². The van der Waals surface area contributed by atoms with Crippen LogP contribution in [0.3, 0.4) is 0 Å². The Hall–Kier alpha value is -1.08. The molecule has 3 N–H and O–H groups in total. The van der Waals surface area contributed by atoms with Crippen LogP contribution in [0.4, 0.5) is 11.9 Å². The molecule has 0 aromatic carbocycles. The molecule has 0 radical (unpaired) electrons. The fourth-order valence-electron chi connectivity index (χ4n) is 1.95. The third-order valence-electron chi connectivity index (χ3n) is 2.92. The maximum Gasteiger partial charge on any atom is 0.242 e. The molecule has 0 spiro atoms. The van der Waals surface area contributed by atoms with Gasteiger partial charge in [-0.2, -0.15) is 15.0 Å². The van der Waals surface area contributed by atoms with Gasteiger partial charge in [0.1, 0.15) is 0 Å². The van der Waals surface area contributed by atoms with Crippen molar-refractivity contribution in [1.82, 2.24) is 15.0 Å². The maximum atomic E-state index is 5.44. The number of nitrogens with one attached hydrogen (secondary N) is 1. The minimum absolute atomic E-state index is 0.446.